The van der Waals surface area contributed by atoms with Crippen molar-refractivity contribution >= 4 is 17.2 Å². The molecule has 0 aliphatic heterocycles. The monoisotopic (exact) mass is 299 g/mol. The highest BCUT2D eigenvalue weighted by Crippen LogP contribution is 2.14. The Labute approximate surface area is 128 Å². The molecule has 0 saturated carbocycles. The number of carbonyl (C=O) groups excluding carboxylic acids is 1. The van der Waals surface area contributed by atoms with E-state index in [4.69, 9.17) is 5.11 Å². The number of hydrogen-bond acceptors (Lipinski definition) is 3. The van der Waals surface area contributed by atoms with Crippen LogP contribution < -0.4 is 5.32 Å². The maximum Gasteiger partial charge on any atom is 0.251 e. The van der Waals surface area contributed by atoms with Crippen molar-refractivity contribution < 1.29 is 9.90 Å². The number of rotatable bonds is 4. The van der Waals surface area contributed by atoms with Gasteiger partial charge in [0.25, 0.3) is 5.91 Å². The fourth-order valence-corrected chi connectivity index (χ4v) is 2.55. The summed E-state index contributed by atoms with van der Waals surface area (Å²) in [6, 6.07) is 9.48. The Kier molecular flexibility index (Phi) is 5.56. The van der Waals surface area contributed by atoms with E-state index < -0.39 is 0 Å². The summed E-state index contributed by atoms with van der Waals surface area (Å²) in [7, 11) is 0. The van der Waals surface area contributed by atoms with E-state index in [-0.39, 0.29) is 12.5 Å². The highest BCUT2D eigenvalue weighted by Gasteiger charge is 2.10. The lowest BCUT2D eigenvalue weighted by Gasteiger charge is -2.08. The Balaban J connectivity index is 2.10. The van der Waals surface area contributed by atoms with E-state index in [1.54, 1.807) is 17.4 Å². The van der Waals surface area contributed by atoms with Crippen LogP contribution in [0.5, 0.6) is 0 Å². The molecule has 3 nitrogen and oxygen atoms in total. The van der Waals surface area contributed by atoms with Gasteiger partial charge in [0, 0.05) is 22.4 Å². The third kappa shape index (κ3) is 4.19. The van der Waals surface area contributed by atoms with Gasteiger partial charge in [0.1, 0.15) is 0 Å². The Morgan fingerprint density at radius 2 is 2.19 bits per heavy atom. The van der Waals surface area contributed by atoms with Gasteiger partial charge in [0.2, 0.25) is 0 Å². The maximum atomic E-state index is 12.2. The first kappa shape index (κ1) is 15.3. The number of carbonyl (C=O) groups is 1. The lowest BCUT2D eigenvalue weighted by Crippen LogP contribution is -2.23. The van der Waals surface area contributed by atoms with E-state index in [0.717, 1.165) is 16.0 Å². The molecule has 1 aromatic carbocycles. The van der Waals surface area contributed by atoms with E-state index in [1.807, 2.05) is 36.6 Å². The molecule has 1 aromatic heterocycles. The molecule has 108 valence electrons. The summed E-state index contributed by atoms with van der Waals surface area (Å²) >= 11 is 1.62. The Morgan fingerprint density at radius 1 is 1.33 bits per heavy atom. The summed E-state index contributed by atoms with van der Waals surface area (Å²) in [6.45, 7) is 2.48. The van der Waals surface area contributed by atoms with Gasteiger partial charge in [-0.2, -0.15) is 0 Å². The minimum absolute atomic E-state index is 0.0486. The van der Waals surface area contributed by atoms with Gasteiger partial charge in [-0.25, -0.2) is 0 Å². The SMILES string of the molecule is Cc1c(C#CCCO)cccc1C(=O)NCc1cccs1. The van der Waals surface area contributed by atoms with Gasteiger partial charge in [0.05, 0.1) is 13.2 Å². The first-order valence-corrected chi connectivity index (χ1v) is 7.60. The third-order valence-corrected chi connectivity index (χ3v) is 3.92. The van der Waals surface area contributed by atoms with Crippen molar-refractivity contribution in [3.8, 4) is 11.8 Å². The lowest BCUT2D eigenvalue weighted by atomic mass is 10.0. The lowest BCUT2D eigenvalue weighted by molar-refractivity contribution is 0.0950. The van der Waals surface area contributed by atoms with E-state index in [9.17, 15) is 4.79 Å². The highest BCUT2D eigenvalue weighted by atomic mass is 32.1. The summed E-state index contributed by atoms with van der Waals surface area (Å²) in [5, 5.41) is 13.7. The molecule has 0 aliphatic carbocycles. The van der Waals surface area contributed by atoms with E-state index in [0.29, 0.717) is 18.5 Å². The maximum absolute atomic E-state index is 12.2. The van der Waals surface area contributed by atoms with Crippen molar-refractivity contribution in [1.82, 2.24) is 5.32 Å². The number of aliphatic hydroxyl groups excluding tert-OH is 1. The van der Waals surface area contributed by atoms with Gasteiger partial charge in [-0.1, -0.05) is 24.0 Å². The molecular formula is C17H17NO2S. The molecule has 2 aromatic rings. The molecule has 21 heavy (non-hydrogen) atoms. The standard InChI is InChI=1S/C17H17NO2S/c1-13-14(6-2-3-10-19)7-4-9-16(13)17(20)18-12-15-8-5-11-21-15/h4-5,7-9,11,19H,3,10,12H2,1H3,(H,18,20). The topological polar surface area (TPSA) is 49.3 Å². The van der Waals surface area contributed by atoms with Crippen LogP contribution in [0.4, 0.5) is 0 Å². The molecular weight excluding hydrogens is 282 g/mol. The minimum atomic E-state index is -0.0910. The van der Waals surface area contributed by atoms with Crippen LogP contribution in [0.25, 0.3) is 0 Å². The molecule has 2 rings (SSSR count). The molecule has 0 atom stereocenters. The smallest absolute Gasteiger partial charge is 0.251 e. The van der Waals surface area contributed by atoms with Gasteiger partial charge >= 0.3 is 0 Å². The molecule has 0 aliphatic rings. The van der Waals surface area contributed by atoms with Crippen LogP contribution in [0.2, 0.25) is 0 Å². The normalized spacial score (nSPS) is 9.81. The van der Waals surface area contributed by atoms with Gasteiger partial charge < -0.3 is 10.4 Å². The van der Waals surface area contributed by atoms with E-state index >= 15 is 0 Å². The van der Waals surface area contributed by atoms with E-state index in [1.165, 1.54) is 0 Å². The summed E-state index contributed by atoms with van der Waals surface area (Å²) in [4.78, 5) is 13.4. The van der Waals surface area contributed by atoms with E-state index in [2.05, 4.69) is 17.2 Å². The minimum Gasteiger partial charge on any atom is -0.395 e. The Hall–Kier alpha value is -2.09. The fourth-order valence-electron chi connectivity index (χ4n) is 1.91. The number of nitrogens with one attached hydrogen (secondary N) is 1. The second-order valence-electron chi connectivity index (χ2n) is 4.52. The Bertz CT molecular complexity index is 666. The highest BCUT2D eigenvalue weighted by molar-refractivity contribution is 7.09. The van der Waals surface area contributed by atoms with Crippen LogP contribution in [-0.2, 0) is 6.54 Å². The molecule has 4 heteroatoms. The van der Waals surface area contributed by atoms with Crippen molar-refractivity contribution in [1.29, 1.82) is 0 Å². The number of aliphatic hydroxyl groups is 1. The van der Waals surface area contributed by atoms with Crippen LogP contribution in [0.1, 0.15) is 32.8 Å². The summed E-state index contributed by atoms with van der Waals surface area (Å²) < 4.78 is 0. The second kappa shape index (κ2) is 7.63. The quantitative estimate of drug-likeness (QED) is 0.853. The Morgan fingerprint density at radius 3 is 2.90 bits per heavy atom. The van der Waals surface area contributed by atoms with Crippen molar-refractivity contribution in [3.63, 3.8) is 0 Å². The summed E-state index contributed by atoms with van der Waals surface area (Å²) in [6.07, 6.45) is 0.439. The second-order valence-corrected chi connectivity index (χ2v) is 5.55. The third-order valence-electron chi connectivity index (χ3n) is 3.04. The molecule has 0 bridgehead atoms. The van der Waals surface area contributed by atoms with Crippen molar-refractivity contribution in [3.05, 3.63) is 57.3 Å². The van der Waals surface area contributed by atoms with Gasteiger partial charge in [-0.3, -0.25) is 4.79 Å². The predicted molar refractivity (Wildman–Crippen MR) is 85.2 cm³/mol. The fraction of sp³-hybridized carbons (Fsp3) is 0.235. The molecule has 0 radical (unpaired) electrons. The predicted octanol–water partition coefficient (Wildman–Crippen LogP) is 2.72. The van der Waals surface area contributed by atoms with Crippen LogP contribution in [0.15, 0.2) is 35.7 Å². The van der Waals surface area contributed by atoms with Crippen molar-refractivity contribution in [2.75, 3.05) is 6.61 Å². The molecule has 2 N–H and O–H groups in total. The zero-order chi connectivity index (χ0) is 15.1. The average Bonchev–Trinajstić information content (AvgIpc) is 3.00. The summed E-state index contributed by atoms with van der Waals surface area (Å²) in [5.74, 6) is 5.78. The molecule has 0 unspecified atom stereocenters. The molecule has 0 fully saturated rings. The largest absolute Gasteiger partial charge is 0.395 e. The van der Waals surface area contributed by atoms with Crippen LogP contribution in [-0.4, -0.2) is 17.6 Å². The average molecular weight is 299 g/mol. The zero-order valence-electron chi connectivity index (χ0n) is 11.8. The van der Waals surface area contributed by atoms with Crippen LogP contribution in [0.3, 0.4) is 0 Å². The first-order valence-electron chi connectivity index (χ1n) is 6.72. The van der Waals surface area contributed by atoms with Gasteiger partial charge in [-0.15, -0.1) is 11.3 Å². The number of hydrogen-bond donors (Lipinski definition) is 2. The molecule has 1 heterocycles. The number of amides is 1. The molecule has 0 spiro atoms. The van der Waals surface area contributed by atoms with Gasteiger partial charge in [0.15, 0.2) is 0 Å². The van der Waals surface area contributed by atoms with Gasteiger partial charge in [-0.05, 0) is 36.1 Å². The number of benzene rings is 1. The van der Waals surface area contributed by atoms with Crippen molar-refractivity contribution in [2.45, 2.75) is 19.9 Å². The zero-order valence-corrected chi connectivity index (χ0v) is 12.7. The van der Waals surface area contributed by atoms with Crippen LogP contribution in [0, 0.1) is 18.8 Å². The summed E-state index contributed by atoms with van der Waals surface area (Å²) in [5.41, 5.74) is 2.33. The molecule has 1 amide bonds. The van der Waals surface area contributed by atoms with Crippen LogP contribution >= 0.6 is 11.3 Å². The number of thiophene rings is 1. The van der Waals surface area contributed by atoms with Crippen molar-refractivity contribution in [2.24, 2.45) is 0 Å². The first-order chi connectivity index (χ1) is 10.2. The molecule has 0 saturated heterocycles.